The van der Waals surface area contributed by atoms with Crippen LogP contribution in [0.3, 0.4) is 0 Å². The predicted molar refractivity (Wildman–Crippen MR) is 69.2 cm³/mol. The number of rotatable bonds is 7. The van der Waals surface area contributed by atoms with E-state index in [2.05, 4.69) is 58.9 Å². The minimum absolute atomic E-state index is 0.605. The van der Waals surface area contributed by atoms with E-state index >= 15 is 0 Å². The van der Waals surface area contributed by atoms with Crippen LogP contribution in [0.1, 0.15) is 41.0 Å². The third kappa shape index (κ3) is 7.80. The molecule has 0 rings (SSSR count). The molecule has 0 aliphatic rings. The van der Waals surface area contributed by atoms with E-state index in [9.17, 15) is 0 Å². The molecular formula is C13H30N2. The van der Waals surface area contributed by atoms with Gasteiger partial charge in [-0.1, -0.05) is 27.7 Å². The second-order valence-electron chi connectivity index (χ2n) is 5.79. The van der Waals surface area contributed by atoms with E-state index in [0.717, 1.165) is 12.5 Å². The summed E-state index contributed by atoms with van der Waals surface area (Å²) in [6.45, 7) is 12.6. The molecule has 0 aliphatic heterocycles. The van der Waals surface area contributed by atoms with Crippen molar-refractivity contribution in [3.05, 3.63) is 0 Å². The lowest BCUT2D eigenvalue weighted by atomic mass is 10.00. The quantitative estimate of drug-likeness (QED) is 0.701. The summed E-state index contributed by atoms with van der Waals surface area (Å²) in [6, 6.07) is 1.23. The van der Waals surface area contributed by atoms with Gasteiger partial charge >= 0.3 is 0 Å². The van der Waals surface area contributed by atoms with Gasteiger partial charge in [0.2, 0.25) is 0 Å². The first-order chi connectivity index (χ1) is 6.82. The van der Waals surface area contributed by atoms with Crippen LogP contribution in [-0.4, -0.2) is 37.6 Å². The Morgan fingerprint density at radius 2 is 1.53 bits per heavy atom. The third-order valence-electron chi connectivity index (χ3n) is 2.84. The summed E-state index contributed by atoms with van der Waals surface area (Å²) < 4.78 is 0. The number of hydrogen-bond acceptors (Lipinski definition) is 2. The lowest BCUT2D eigenvalue weighted by molar-refractivity contribution is 0.271. The Bertz CT molecular complexity index is 143. The Labute approximate surface area is 96.4 Å². The number of nitrogens with one attached hydrogen (secondary N) is 1. The average Bonchev–Trinajstić information content (AvgIpc) is 2.00. The molecule has 0 aromatic carbocycles. The van der Waals surface area contributed by atoms with E-state index in [1.807, 2.05) is 0 Å². The molecule has 0 saturated carbocycles. The van der Waals surface area contributed by atoms with Crippen LogP contribution in [0.15, 0.2) is 0 Å². The molecule has 0 fully saturated rings. The van der Waals surface area contributed by atoms with Gasteiger partial charge in [0.25, 0.3) is 0 Å². The van der Waals surface area contributed by atoms with Crippen molar-refractivity contribution in [2.75, 3.05) is 20.6 Å². The summed E-state index contributed by atoms with van der Waals surface area (Å²) in [5.74, 6) is 1.48. The van der Waals surface area contributed by atoms with Gasteiger partial charge in [0.1, 0.15) is 0 Å². The molecular weight excluding hydrogens is 184 g/mol. The molecule has 0 heterocycles. The van der Waals surface area contributed by atoms with Gasteiger partial charge in [-0.2, -0.15) is 0 Å². The van der Waals surface area contributed by atoms with E-state index in [-0.39, 0.29) is 0 Å². The molecule has 0 aromatic rings. The van der Waals surface area contributed by atoms with Gasteiger partial charge in [-0.05, 0) is 39.3 Å². The number of likely N-dealkylation sites (N-methyl/N-ethyl adjacent to an activating group) is 1. The minimum Gasteiger partial charge on any atom is -0.310 e. The van der Waals surface area contributed by atoms with Crippen molar-refractivity contribution >= 4 is 0 Å². The largest absolute Gasteiger partial charge is 0.310 e. The zero-order chi connectivity index (χ0) is 12.0. The zero-order valence-corrected chi connectivity index (χ0v) is 11.7. The monoisotopic (exact) mass is 214 g/mol. The molecule has 0 radical (unpaired) electrons. The molecule has 0 bridgehead atoms. The van der Waals surface area contributed by atoms with Crippen LogP contribution in [0.5, 0.6) is 0 Å². The van der Waals surface area contributed by atoms with Gasteiger partial charge in [-0.25, -0.2) is 0 Å². The van der Waals surface area contributed by atoms with Crippen molar-refractivity contribution in [3.63, 3.8) is 0 Å². The smallest absolute Gasteiger partial charge is 0.0199 e. The highest BCUT2D eigenvalue weighted by Crippen LogP contribution is 2.09. The Morgan fingerprint density at radius 3 is 1.87 bits per heavy atom. The van der Waals surface area contributed by atoms with Crippen LogP contribution in [0.2, 0.25) is 0 Å². The number of hydrogen-bond donors (Lipinski definition) is 1. The van der Waals surface area contributed by atoms with Crippen molar-refractivity contribution < 1.29 is 0 Å². The molecule has 15 heavy (non-hydrogen) atoms. The van der Waals surface area contributed by atoms with Gasteiger partial charge in [0, 0.05) is 18.6 Å². The maximum atomic E-state index is 3.74. The van der Waals surface area contributed by atoms with Gasteiger partial charge in [0.05, 0.1) is 0 Å². The predicted octanol–water partition coefficient (Wildman–Crippen LogP) is 2.60. The third-order valence-corrected chi connectivity index (χ3v) is 2.84. The zero-order valence-electron chi connectivity index (χ0n) is 11.7. The highest BCUT2D eigenvalue weighted by Gasteiger charge is 2.16. The molecule has 1 N–H and O–H groups in total. The van der Waals surface area contributed by atoms with Crippen molar-refractivity contribution in [1.29, 1.82) is 0 Å². The van der Waals surface area contributed by atoms with E-state index in [1.165, 1.54) is 6.42 Å². The van der Waals surface area contributed by atoms with Crippen LogP contribution >= 0.6 is 0 Å². The fraction of sp³-hybridized carbons (Fsp3) is 1.00. The van der Waals surface area contributed by atoms with E-state index in [1.54, 1.807) is 0 Å². The molecule has 2 nitrogen and oxygen atoms in total. The second kappa shape index (κ2) is 7.24. The Hall–Kier alpha value is -0.0800. The van der Waals surface area contributed by atoms with Crippen molar-refractivity contribution in [3.8, 4) is 0 Å². The topological polar surface area (TPSA) is 15.3 Å². The molecule has 2 unspecified atom stereocenters. The molecule has 0 spiro atoms. The summed E-state index contributed by atoms with van der Waals surface area (Å²) >= 11 is 0. The van der Waals surface area contributed by atoms with Gasteiger partial charge in [-0.3, -0.25) is 0 Å². The van der Waals surface area contributed by atoms with Crippen LogP contribution in [0, 0.1) is 11.8 Å². The van der Waals surface area contributed by atoms with E-state index < -0.39 is 0 Å². The fourth-order valence-corrected chi connectivity index (χ4v) is 1.77. The van der Waals surface area contributed by atoms with Crippen molar-refractivity contribution in [2.45, 2.75) is 53.1 Å². The lowest BCUT2D eigenvalue weighted by Crippen LogP contribution is -2.45. The first kappa shape index (κ1) is 14.9. The van der Waals surface area contributed by atoms with Crippen molar-refractivity contribution in [2.24, 2.45) is 11.8 Å². The fourth-order valence-electron chi connectivity index (χ4n) is 1.77. The second-order valence-corrected chi connectivity index (χ2v) is 5.79. The SMILES string of the molecule is CC(C)CC(CN(C)C)NC(C)C(C)C. The molecule has 92 valence electrons. The summed E-state index contributed by atoms with van der Waals surface area (Å²) in [5, 5.41) is 3.74. The van der Waals surface area contributed by atoms with Crippen LogP contribution in [0.25, 0.3) is 0 Å². The Balaban J connectivity index is 4.11. The standard InChI is InChI=1S/C13H30N2/c1-10(2)8-13(9-15(6)7)14-12(5)11(3)4/h10-14H,8-9H2,1-7H3. The van der Waals surface area contributed by atoms with E-state index in [0.29, 0.717) is 18.0 Å². The van der Waals surface area contributed by atoms with Gasteiger partial charge < -0.3 is 10.2 Å². The van der Waals surface area contributed by atoms with E-state index in [4.69, 9.17) is 0 Å². The summed E-state index contributed by atoms with van der Waals surface area (Å²) in [6.07, 6.45) is 1.26. The Morgan fingerprint density at radius 1 is 1.00 bits per heavy atom. The van der Waals surface area contributed by atoms with Crippen LogP contribution in [0.4, 0.5) is 0 Å². The summed E-state index contributed by atoms with van der Waals surface area (Å²) in [7, 11) is 4.30. The highest BCUT2D eigenvalue weighted by molar-refractivity contribution is 4.76. The first-order valence-corrected chi connectivity index (χ1v) is 6.23. The van der Waals surface area contributed by atoms with Gasteiger partial charge in [0.15, 0.2) is 0 Å². The molecule has 0 amide bonds. The molecule has 0 aromatic heterocycles. The molecule has 0 aliphatic carbocycles. The molecule has 2 heteroatoms. The minimum atomic E-state index is 0.605. The van der Waals surface area contributed by atoms with Gasteiger partial charge in [-0.15, -0.1) is 0 Å². The Kier molecular flexibility index (Phi) is 7.20. The van der Waals surface area contributed by atoms with Crippen LogP contribution in [-0.2, 0) is 0 Å². The van der Waals surface area contributed by atoms with Crippen LogP contribution < -0.4 is 5.32 Å². The average molecular weight is 214 g/mol. The summed E-state index contributed by atoms with van der Waals surface area (Å²) in [5.41, 5.74) is 0. The molecule has 2 atom stereocenters. The van der Waals surface area contributed by atoms with Crippen molar-refractivity contribution in [1.82, 2.24) is 10.2 Å². The number of nitrogens with zero attached hydrogens (tertiary/aromatic N) is 1. The summed E-state index contributed by atoms with van der Waals surface area (Å²) in [4.78, 5) is 2.27. The molecule has 0 saturated heterocycles. The highest BCUT2D eigenvalue weighted by atomic mass is 15.1. The first-order valence-electron chi connectivity index (χ1n) is 6.23. The maximum absolute atomic E-state index is 3.74. The maximum Gasteiger partial charge on any atom is 0.0199 e. The lowest BCUT2D eigenvalue weighted by Gasteiger charge is -2.29. The normalized spacial score (nSPS) is 16.4.